The Balaban J connectivity index is 1.70. The zero-order valence-corrected chi connectivity index (χ0v) is 15.1. The number of aryl methyl sites for hydroxylation is 1. The minimum absolute atomic E-state index is 0.440. The molecule has 1 aliphatic rings. The van der Waals surface area contributed by atoms with Crippen LogP contribution >= 0.6 is 0 Å². The Kier molecular flexibility index (Phi) is 8.66. The third-order valence-corrected chi connectivity index (χ3v) is 4.26. The molecule has 6 heteroatoms. The average molecular weight is 336 g/mol. The number of hydrogen-bond acceptors (Lipinski definition) is 4. The molecular weight excluding hydrogens is 304 g/mol. The minimum atomic E-state index is 0.440. The van der Waals surface area contributed by atoms with E-state index in [1.807, 2.05) is 6.07 Å². The fourth-order valence-electron chi connectivity index (χ4n) is 2.90. The SMILES string of the molecule is CCNC(=NCc1cc(CC)no1)NCCOC1CCCCCC1. The molecule has 0 amide bonds. The maximum Gasteiger partial charge on any atom is 0.191 e. The predicted octanol–water partition coefficient (Wildman–Crippen LogP) is 3.03. The van der Waals surface area contributed by atoms with Crippen molar-refractivity contribution < 1.29 is 9.26 Å². The number of rotatable bonds is 8. The highest BCUT2D eigenvalue weighted by Crippen LogP contribution is 2.19. The van der Waals surface area contributed by atoms with E-state index in [1.54, 1.807) is 0 Å². The normalized spacial score (nSPS) is 16.8. The van der Waals surface area contributed by atoms with Gasteiger partial charge in [0, 0.05) is 19.2 Å². The molecule has 136 valence electrons. The largest absolute Gasteiger partial charge is 0.376 e. The molecule has 0 spiro atoms. The van der Waals surface area contributed by atoms with Gasteiger partial charge in [-0.1, -0.05) is 37.8 Å². The first-order valence-electron chi connectivity index (χ1n) is 9.40. The molecule has 0 bridgehead atoms. The molecule has 6 nitrogen and oxygen atoms in total. The number of guanidine groups is 1. The lowest BCUT2D eigenvalue weighted by Crippen LogP contribution is -2.39. The molecule has 1 aliphatic carbocycles. The Hall–Kier alpha value is -1.56. The first-order chi connectivity index (χ1) is 11.8. The Morgan fingerprint density at radius 2 is 2.04 bits per heavy atom. The lowest BCUT2D eigenvalue weighted by atomic mass is 10.1. The summed E-state index contributed by atoms with van der Waals surface area (Å²) in [6.45, 7) is 6.92. The smallest absolute Gasteiger partial charge is 0.191 e. The second-order valence-electron chi connectivity index (χ2n) is 6.24. The quantitative estimate of drug-likeness (QED) is 0.330. The molecule has 0 aliphatic heterocycles. The number of aliphatic imine (C=N–C) groups is 1. The van der Waals surface area contributed by atoms with Crippen LogP contribution < -0.4 is 10.6 Å². The topological polar surface area (TPSA) is 71.7 Å². The third-order valence-electron chi connectivity index (χ3n) is 4.26. The summed E-state index contributed by atoms with van der Waals surface area (Å²) < 4.78 is 11.3. The van der Waals surface area contributed by atoms with E-state index in [9.17, 15) is 0 Å². The second-order valence-corrected chi connectivity index (χ2v) is 6.24. The molecule has 1 saturated carbocycles. The fourth-order valence-corrected chi connectivity index (χ4v) is 2.90. The van der Waals surface area contributed by atoms with Crippen molar-refractivity contribution in [3.63, 3.8) is 0 Å². The van der Waals surface area contributed by atoms with Crippen molar-refractivity contribution in [3.05, 3.63) is 17.5 Å². The fraction of sp³-hybridized carbons (Fsp3) is 0.778. The molecule has 0 radical (unpaired) electrons. The van der Waals surface area contributed by atoms with Crippen molar-refractivity contribution >= 4 is 5.96 Å². The Bertz CT molecular complexity index is 479. The molecule has 0 unspecified atom stereocenters. The van der Waals surface area contributed by atoms with Crippen LogP contribution in [0, 0.1) is 0 Å². The lowest BCUT2D eigenvalue weighted by molar-refractivity contribution is 0.0468. The summed E-state index contributed by atoms with van der Waals surface area (Å²) in [4.78, 5) is 4.54. The van der Waals surface area contributed by atoms with Crippen molar-refractivity contribution in [1.82, 2.24) is 15.8 Å². The molecule has 2 N–H and O–H groups in total. The molecule has 0 atom stereocenters. The van der Waals surface area contributed by atoms with Gasteiger partial charge in [-0.25, -0.2) is 4.99 Å². The predicted molar refractivity (Wildman–Crippen MR) is 96.1 cm³/mol. The summed E-state index contributed by atoms with van der Waals surface area (Å²) >= 11 is 0. The second kappa shape index (κ2) is 11.1. The third kappa shape index (κ3) is 6.91. The molecule has 24 heavy (non-hydrogen) atoms. The van der Waals surface area contributed by atoms with Crippen LogP contribution in [0.15, 0.2) is 15.6 Å². The van der Waals surface area contributed by atoms with Crippen molar-refractivity contribution in [2.24, 2.45) is 4.99 Å². The maximum atomic E-state index is 6.00. The van der Waals surface area contributed by atoms with Crippen LogP contribution in [0.4, 0.5) is 0 Å². The molecular formula is C18H32N4O2. The van der Waals surface area contributed by atoms with Crippen molar-refractivity contribution in [3.8, 4) is 0 Å². The van der Waals surface area contributed by atoms with Crippen LogP contribution in [0.1, 0.15) is 63.8 Å². The van der Waals surface area contributed by atoms with E-state index in [4.69, 9.17) is 9.26 Å². The average Bonchev–Trinajstić information content (AvgIpc) is 2.91. The molecule has 0 saturated heterocycles. The van der Waals surface area contributed by atoms with Gasteiger partial charge in [-0.05, 0) is 26.2 Å². The molecule has 1 aromatic rings. The summed E-state index contributed by atoms with van der Waals surface area (Å²) in [6.07, 6.45) is 9.06. The van der Waals surface area contributed by atoms with Crippen molar-refractivity contribution in [1.29, 1.82) is 0 Å². The van der Waals surface area contributed by atoms with Crippen LogP contribution in [0.3, 0.4) is 0 Å². The van der Waals surface area contributed by atoms with Gasteiger partial charge >= 0.3 is 0 Å². The monoisotopic (exact) mass is 336 g/mol. The molecule has 1 heterocycles. The highest BCUT2D eigenvalue weighted by Gasteiger charge is 2.12. The van der Waals surface area contributed by atoms with Gasteiger partial charge in [0.25, 0.3) is 0 Å². The highest BCUT2D eigenvalue weighted by molar-refractivity contribution is 5.79. The number of nitrogens with zero attached hydrogens (tertiary/aromatic N) is 2. The molecule has 1 aromatic heterocycles. The van der Waals surface area contributed by atoms with Gasteiger partial charge in [0.15, 0.2) is 11.7 Å². The summed E-state index contributed by atoms with van der Waals surface area (Å²) in [5.74, 6) is 1.58. The van der Waals surface area contributed by atoms with Gasteiger partial charge in [0.05, 0.1) is 18.4 Å². The van der Waals surface area contributed by atoms with Gasteiger partial charge in [0.1, 0.15) is 6.54 Å². The van der Waals surface area contributed by atoms with Crippen LogP contribution in [-0.2, 0) is 17.7 Å². The first kappa shape index (κ1) is 18.8. The highest BCUT2D eigenvalue weighted by atomic mass is 16.5. The van der Waals surface area contributed by atoms with Crippen LogP contribution in [0.2, 0.25) is 0 Å². The molecule has 0 aromatic carbocycles. The van der Waals surface area contributed by atoms with Crippen molar-refractivity contribution in [2.75, 3.05) is 19.7 Å². The van der Waals surface area contributed by atoms with E-state index in [2.05, 4.69) is 34.6 Å². The van der Waals surface area contributed by atoms with Gasteiger partial charge in [-0.3, -0.25) is 0 Å². The van der Waals surface area contributed by atoms with E-state index in [1.165, 1.54) is 38.5 Å². The van der Waals surface area contributed by atoms with E-state index < -0.39 is 0 Å². The number of aromatic nitrogens is 1. The minimum Gasteiger partial charge on any atom is -0.376 e. The standard InChI is InChI=1S/C18H32N4O2/c1-3-15-13-17(24-22-15)14-21-18(19-4-2)20-11-12-23-16-9-7-5-6-8-10-16/h13,16H,3-12,14H2,1-2H3,(H2,19,20,21). The van der Waals surface area contributed by atoms with Crippen molar-refractivity contribution in [2.45, 2.75) is 71.4 Å². The Morgan fingerprint density at radius 1 is 1.25 bits per heavy atom. The van der Waals surface area contributed by atoms with Crippen LogP contribution in [-0.4, -0.2) is 36.9 Å². The summed E-state index contributed by atoms with van der Waals surface area (Å²) in [5.41, 5.74) is 0.968. The Morgan fingerprint density at radius 3 is 2.71 bits per heavy atom. The Labute approximate surface area is 145 Å². The number of ether oxygens (including phenoxy) is 1. The van der Waals surface area contributed by atoms with Crippen LogP contribution in [0.25, 0.3) is 0 Å². The van der Waals surface area contributed by atoms with Gasteiger partial charge in [0.2, 0.25) is 0 Å². The molecule has 1 fully saturated rings. The van der Waals surface area contributed by atoms with Gasteiger partial charge in [-0.2, -0.15) is 0 Å². The number of hydrogen-bond donors (Lipinski definition) is 2. The van der Waals surface area contributed by atoms with E-state index in [-0.39, 0.29) is 0 Å². The summed E-state index contributed by atoms with van der Waals surface area (Å²) in [5, 5.41) is 10.6. The van der Waals surface area contributed by atoms with Crippen LogP contribution in [0.5, 0.6) is 0 Å². The number of nitrogens with one attached hydrogen (secondary N) is 2. The summed E-state index contributed by atoms with van der Waals surface area (Å²) in [6, 6.07) is 1.96. The van der Waals surface area contributed by atoms with Gasteiger partial charge < -0.3 is 19.9 Å². The van der Waals surface area contributed by atoms with E-state index in [0.29, 0.717) is 12.6 Å². The molecule has 2 rings (SSSR count). The van der Waals surface area contributed by atoms with E-state index in [0.717, 1.165) is 43.5 Å². The zero-order valence-electron chi connectivity index (χ0n) is 15.1. The zero-order chi connectivity index (χ0) is 17.0. The summed E-state index contributed by atoms with van der Waals surface area (Å²) in [7, 11) is 0. The lowest BCUT2D eigenvalue weighted by Gasteiger charge is -2.16. The van der Waals surface area contributed by atoms with Gasteiger partial charge in [-0.15, -0.1) is 0 Å². The van der Waals surface area contributed by atoms with E-state index >= 15 is 0 Å². The first-order valence-corrected chi connectivity index (χ1v) is 9.40. The maximum absolute atomic E-state index is 6.00.